The average Bonchev–Trinajstić information content (AvgIpc) is 2.89. The number of benzene rings is 2. The van der Waals surface area contributed by atoms with Crippen molar-refractivity contribution in [3.05, 3.63) is 53.7 Å². The van der Waals surface area contributed by atoms with Gasteiger partial charge in [0.25, 0.3) is 5.91 Å². The van der Waals surface area contributed by atoms with Crippen molar-refractivity contribution in [3.8, 4) is 0 Å². The van der Waals surface area contributed by atoms with E-state index in [9.17, 15) is 4.79 Å². The topological polar surface area (TPSA) is 83.8 Å². The minimum atomic E-state index is -0.173. The largest absolute Gasteiger partial charge is 0.398 e. The Kier molecular flexibility index (Phi) is 2.87. The summed E-state index contributed by atoms with van der Waals surface area (Å²) >= 11 is 0. The standard InChI is InChI=1S/C15H14N4O/c1-9-12(3-2-4-13(9)16)15(20)18-11-6-5-10-8-17-19-14(10)7-11/h2-8H,16H2,1H3,(H,17,19)(H,18,20). The molecule has 2 aromatic carbocycles. The number of hydrogen-bond acceptors (Lipinski definition) is 3. The molecule has 0 aliphatic heterocycles. The maximum absolute atomic E-state index is 12.3. The van der Waals surface area contributed by atoms with Crippen molar-refractivity contribution in [3.63, 3.8) is 0 Å². The fourth-order valence-corrected chi connectivity index (χ4v) is 2.11. The molecule has 0 fully saturated rings. The van der Waals surface area contributed by atoms with Crippen molar-refractivity contribution in [2.24, 2.45) is 0 Å². The highest BCUT2D eigenvalue weighted by atomic mass is 16.1. The molecule has 0 saturated carbocycles. The Balaban J connectivity index is 1.90. The molecule has 4 N–H and O–H groups in total. The van der Waals surface area contributed by atoms with E-state index in [-0.39, 0.29) is 5.91 Å². The van der Waals surface area contributed by atoms with Crippen LogP contribution in [0.3, 0.4) is 0 Å². The molecule has 1 amide bonds. The van der Waals surface area contributed by atoms with Crippen LogP contribution in [0.2, 0.25) is 0 Å². The third-order valence-corrected chi connectivity index (χ3v) is 3.32. The van der Waals surface area contributed by atoms with Gasteiger partial charge < -0.3 is 11.1 Å². The molecular weight excluding hydrogens is 252 g/mol. The molecule has 3 aromatic rings. The van der Waals surface area contributed by atoms with E-state index >= 15 is 0 Å². The molecule has 0 aliphatic carbocycles. The van der Waals surface area contributed by atoms with Crippen molar-refractivity contribution in [2.75, 3.05) is 11.1 Å². The van der Waals surface area contributed by atoms with Gasteiger partial charge in [-0.1, -0.05) is 6.07 Å². The van der Waals surface area contributed by atoms with Gasteiger partial charge in [-0.2, -0.15) is 5.10 Å². The van der Waals surface area contributed by atoms with Gasteiger partial charge >= 0.3 is 0 Å². The lowest BCUT2D eigenvalue weighted by Crippen LogP contribution is -2.14. The highest BCUT2D eigenvalue weighted by Gasteiger charge is 2.11. The molecule has 5 heteroatoms. The van der Waals surface area contributed by atoms with Crippen LogP contribution in [0.5, 0.6) is 0 Å². The van der Waals surface area contributed by atoms with Crippen LogP contribution in [0.1, 0.15) is 15.9 Å². The van der Waals surface area contributed by atoms with Gasteiger partial charge in [0.1, 0.15) is 0 Å². The smallest absolute Gasteiger partial charge is 0.256 e. The Labute approximate surface area is 115 Å². The summed E-state index contributed by atoms with van der Waals surface area (Å²) in [6.07, 6.45) is 1.74. The fourth-order valence-electron chi connectivity index (χ4n) is 2.11. The molecule has 0 spiro atoms. The van der Waals surface area contributed by atoms with Crippen LogP contribution in [-0.2, 0) is 0 Å². The van der Waals surface area contributed by atoms with E-state index in [4.69, 9.17) is 5.73 Å². The Morgan fingerprint density at radius 1 is 1.30 bits per heavy atom. The third-order valence-electron chi connectivity index (χ3n) is 3.32. The van der Waals surface area contributed by atoms with Gasteiger partial charge in [-0.3, -0.25) is 9.89 Å². The van der Waals surface area contributed by atoms with Crippen molar-refractivity contribution >= 4 is 28.2 Å². The molecular formula is C15H14N4O. The minimum absolute atomic E-state index is 0.173. The fraction of sp³-hybridized carbons (Fsp3) is 0.0667. The first-order valence-electron chi connectivity index (χ1n) is 6.25. The number of rotatable bonds is 2. The third kappa shape index (κ3) is 2.09. The number of nitrogens with one attached hydrogen (secondary N) is 2. The van der Waals surface area contributed by atoms with Gasteiger partial charge in [0.15, 0.2) is 0 Å². The number of hydrogen-bond donors (Lipinski definition) is 3. The second kappa shape index (κ2) is 4.70. The summed E-state index contributed by atoms with van der Waals surface area (Å²) < 4.78 is 0. The number of nitrogens with two attached hydrogens (primary N) is 1. The lowest BCUT2D eigenvalue weighted by Gasteiger charge is -2.09. The molecule has 0 unspecified atom stereocenters. The number of nitrogens with zero attached hydrogens (tertiary/aromatic N) is 1. The Bertz CT molecular complexity index is 791. The number of nitrogen functional groups attached to an aromatic ring is 1. The number of aromatic amines is 1. The quantitative estimate of drug-likeness (QED) is 0.623. The zero-order valence-corrected chi connectivity index (χ0v) is 11.0. The number of carbonyl (C=O) groups is 1. The second-order valence-electron chi connectivity index (χ2n) is 4.65. The Hall–Kier alpha value is -2.82. The average molecular weight is 266 g/mol. The van der Waals surface area contributed by atoms with Gasteiger partial charge in [0.2, 0.25) is 0 Å². The van der Waals surface area contributed by atoms with Crippen molar-refractivity contribution < 1.29 is 4.79 Å². The molecule has 3 rings (SSSR count). The summed E-state index contributed by atoms with van der Waals surface area (Å²) in [5, 5.41) is 10.7. The number of anilines is 2. The number of amides is 1. The predicted molar refractivity (Wildman–Crippen MR) is 79.6 cm³/mol. The number of carbonyl (C=O) groups excluding carboxylic acids is 1. The normalized spacial score (nSPS) is 10.7. The first-order chi connectivity index (χ1) is 9.65. The second-order valence-corrected chi connectivity index (χ2v) is 4.65. The van der Waals surface area contributed by atoms with Crippen LogP contribution < -0.4 is 11.1 Å². The molecule has 20 heavy (non-hydrogen) atoms. The molecule has 0 bridgehead atoms. The maximum atomic E-state index is 12.3. The molecule has 1 heterocycles. The van der Waals surface area contributed by atoms with Crippen LogP contribution in [0.25, 0.3) is 10.9 Å². The molecule has 0 saturated heterocycles. The van der Waals surface area contributed by atoms with Crippen molar-refractivity contribution in [1.29, 1.82) is 0 Å². The molecule has 0 atom stereocenters. The van der Waals surface area contributed by atoms with E-state index in [0.29, 0.717) is 16.9 Å². The predicted octanol–water partition coefficient (Wildman–Crippen LogP) is 2.71. The molecule has 100 valence electrons. The Morgan fingerprint density at radius 2 is 2.15 bits per heavy atom. The van der Waals surface area contributed by atoms with Gasteiger partial charge in [0.05, 0.1) is 11.7 Å². The van der Waals surface area contributed by atoms with E-state index in [0.717, 1.165) is 16.5 Å². The van der Waals surface area contributed by atoms with Crippen molar-refractivity contribution in [2.45, 2.75) is 6.92 Å². The van der Waals surface area contributed by atoms with E-state index in [2.05, 4.69) is 15.5 Å². The van der Waals surface area contributed by atoms with E-state index < -0.39 is 0 Å². The van der Waals surface area contributed by atoms with E-state index in [1.807, 2.05) is 25.1 Å². The summed E-state index contributed by atoms with van der Waals surface area (Å²) in [6, 6.07) is 10.9. The summed E-state index contributed by atoms with van der Waals surface area (Å²) in [4.78, 5) is 12.3. The first-order valence-corrected chi connectivity index (χ1v) is 6.25. The zero-order chi connectivity index (χ0) is 14.1. The van der Waals surface area contributed by atoms with E-state index in [1.54, 1.807) is 24.4 Å². The van der Waals surface area contributed by atoms with Crippen LogP contribution >= 0.6 is 0 Å². The SMILES string of the molecule is Cc1c(N)cccc1C(=O)Nc1ccc2cn[nH]c2c1. The summed E-state index contributed by atoms with van der Waals surface area (Å²) in [5.74, 6) is -0.173. The zero-order valence-electron chi connectivity index (χ0n) is 11.0. The molecule has 5 nitrogen and oxygen atoms in total. The lowest BCUT2D eigenvalue weighted by molar-refractivity contribution is 0.102. The van der Waals surface area contributed by atoms with Gasteiger partial charge in [-0.05, 0) is 42.8 Å². The molecule has 0 radical (unpaired) electrons. The summed E-state index contributed by atoms with van der Waals surface area (Å²) in [5.41, 5.74) is 9.39. The lowest BCUT2D eigenvalue weighted by atomic mass is 10.1. The van der Waals surface area contributed by atoms with Crippen LogP contribution in [0, 0.1) is 6.92 Å². The highest BCUT2D eigenvalue weighted by molar-refractivity contribution is 6.06. The minimum Gasteiger partial charge on any atom is -0.398 e. The number of fused-ring (bicyclic) bond motifs is 1. The van der Waals surface area contributed by atoms with Gasteiger partial charge in [-0.15, -0.1) is 0 Å². The maximum Gasteiger partial charge on any atom is 0.256 e. The van der Waals surface area contributed by atoms with Crippen LogP contribution in [0.4, 0.5) is 11.4 Å². The van der Waals surface area contributed by atoms with E-state index in [1.165, 1.54) is 0 Å². The monoisotopic (exact) mass is 266 g/mol. The highest BCUT2D eigenvalue weighted by Crippen LogP contribution is 2.20. The first kappa shape index (κ1) is 12.2. The van der Waals surface area contributed by atoms with Crippen LogP contribution in [-0.4, -0.2) is 16.1 Å². The van der Waals surface area contributed by atoms with Crippen LogP contribution in [0.15, 0.2) is 42.6 Å². The summed E-state index contributed by atoms with van der Waals surface area (Å²) in [6.45, 7) is 1.84. The number of aromatic nitrogens is 2. The summed E-state index contributed by atoms with van der Waals surface area (Å²) in [7, 11) is 0. The molecule has 0 aliphatic rings. The van der Waals surface area contributed by atoms with Crippen molar-refractivity contribution in [1.82, 2.24) is 10.2 Å². The Morgan fingerprint density at radius 3 is 3.00 bits per heavy atom. The number of H-pyrrole nitrogens is 1. The van der Waals surface area contributed by atoms with Gasteiger partial charge in [-0.25, -0.2) is 0 Å². The van der Waals surface area contributed by atoms with Gasteiger partial charge in [0, 0.05) is 22.3 Å². The molecule has 1 aromatic heterocycles.